The molecule has 0 fully saturated rings. The Morgan fingerprint density at radius 2 is 2.11 bits per heavy atom. The second-order valence-corrected chi connectivity index (χ2v) is 6.12. The highest BCUT2D eigenvalue weighted by Gasteiger charge is 2.16. The Balaban J connectivity index is 1.84. The Morgan fingerprint density at radius 1 is 1.33 bits per heavy atom. The average Bonchev–Trinajstić information content (AvgIpc) is 2.61. The number of fused-ring (bicyclic) bond motifs is 1. The van der Waals surface area contributed by atoms with Crippen LogP contribution >= 0.6 is 0 Å². The van der Waals surface area contributed by atoms with Crippen LogP contribution in [0.15, 0.2) is 33.6 Å². The highest BCUT2D eigenvalue weighted by atomic mass is 16.5. The van der Waals surface area contributed by atoms with Crippen molar-refractivity contribution in [1.82, 2.24) is 9.97 Å². The van der Waals surface area contributed by atoms with Crippen LogP contribution < -0.4 is 10.9 Å². The molecule has 0 spiro atoms. The van der Waals surface area contributed by atoms with Crippen LogP contribution in [0.4, 0.5) is 5.69 Å². The number of aromatic hydroxyl groups is 1. The first-order valence-electron chi connectivity index (χ1n) is 8.25. The maximum Gasteiger partial charge on any atom is 0.340 e. The summed E-state index contributed by atoms with van der Waals surface area (Å²) in [6.07, 6.45) is 1.36. The van der Waals surface area contributed by atoms with Crippen LogP contribution in [0.3, 0.4) is 0 Å². The summed E-state index contributed by atoms with van der Waals surface area (Å²) in [4.78, 5) is 33.1. The SMILES string of the molecule is COCc1ncc(NC(=O)Cc2c(C)c3ccc(O)cc3oc2=O)c(C)n1. The first-order valence-corrected chi connectivity index (χ1v) is 8.25. The first kappa shape index (κ1) is 18.5. The van der Waals surface area contributed by atoms with Gasteiger partial charge >= 0.3 is 5.63 Å². The lowest BCUT2D eigenvalue weighted by Crippen LogP contribution is -2.21. The van der Waals surface area contributed by atoms with Crippen molar-refractivity contribution in [2.45, 2.75) is 26.9 Å². The number of amides is 1. The number of methoxy groups -OCH3 is 1. The largest absolute Gasteiger partial charge is 0.508 e. The predicted molar refractivity (Wildman–Crippen MR) is 98.7 cm³/mol. The van der Waals surface area contributed by atoms with Gasteiger partial charge in [-0.05, 0) is 31.5 Å². The zero-order valence-corrected chi connectivity index (χ0v) is 15.2. The van der Waals surface area contributed by atoms with Gasteiger partial charge in [-0.3, -0.25) is 4.79 Å². The number of rotatable bonds is 5. The summed E-state index contributed by atoms with van der Waals surface area (Å²) < 4.78 is 10.2. The molecule has 0 unspecified atom stereocenters. The molecule has 2 heterocycles. The second-order valence-electron chi connectivity index (χ2n) is 6.12. The van der Waals surface area contributed by atoms with Crippen LogP contribution in [0.5, 0.6) is 5.75 Å². The number of nitrogens with zero attached hydrogens (tertiary/aromatic N) is 2. The van der Waals surface area contributed by atoms with Gasteiger partial charge in [0.25, 0.3) is 0 Å². The van der Waals surface area contributed by atoms with E-state index in [-0.39, 0.29) is 35.8 Å². The number of ether oxygens (including phenoxy) is 1. The van der Waals surface area contributed by atoms with Gasteiger partial charge in [-0.1, -0.05) is 0 Å². The van der Waals surface area contributed by atoms with Crippen molar-refractivity contribution >= 4 is 22.6 Å². The lowest BCUT2D eigenvalue weighted by atomic mass is 10.0. The summed E-state index contributed by atoms with van der Waals surface area (Å²) in [6, 6.07) is 4.52. The number of aryl methyl sites for hydroxylation is 2. The van der Waals surface area contributed by atoms with Crippen molar-refractivity contribution < 1.29 is 19.1 Å². The van der Waals surface area contributed by atoms with E-state index in [0.717, 1.165) is 0 Å². The zero-order chi connectivity index (χ0) is 19.6. The van der Waals surface area contributed by atoms with E-state index in [1.807, 2.05) is 0 Å². The van der Waals surface area contributed by atoms with Gasteiger partial charge in [0, 0.05) is 18.6 Å². The molecule has 0 saturated carbocycles. The number of phenols is 1. The van der Waals surface area contributed by atoms with Gasteiger partial charge in [0.15, 0.2) is 5.82 Å². The number of benzene rings is 1. The Bertz CT molecular complexity index is 1070. The number of phenolic OH excluding ortho intramolecular Hbond substituents is 1. The van der Waals surface area contributed by atoms with Crippen molar-refractivity contribution in [2.75, 3.05) is 12.4 Å². The van der Waals surface area contributed by atoms with E-state index in [9.17, 15) is 14.7 Å². The monoisotopic (exact) mass is 369 g/mol. The van der Waals surface area contributed by atoms with Crippen LogP contribution in [0.1, 0.15) is 22.6 Å². The Labute approximate surface area is 154 Å². The summed E-state index contributed by atoms with van der Waals surface area (Å²) in [7, 11) is 1.55. The molecule has 1 amide bonds. The van der Waals surface area contributed by atoms with Gasteiger partial charge in [-0.15, -0.1) is 0 Å². The second kappa shape index (κ2) is 7.55. The first-order chi connectivity index (χ1) is 12.9. The van der Waals surface area contributed by atoms with Crippen molar-refractivity contribution in [1.29, 1.82) is 0 Å². The molecule has 0 radical (unpaired) electrons. The molecule has 0 atom stereocenters. The van der Waals surface area contributed by atoms with Gasteiger partial charge in [-0.25, -0.2) is 14.8 Å². The van der Waals surface area contributed by atoms with Crippen molar-refractivity contribution in [2.24, 2.45) is 0 Å². The van der Waals surface area contributed by atoms with Crippen molar-refractivity contribution in [3.05, 3.63) is 57.5 Å². The lowest BCUT2D eigenvalue weighted by Gasteiger charge is -2.10. The minimum atomic E-state index is -0.607. The number of carbonyl (C=O) groups is 1. The summed E-state index contributed by atoms with van der Waals surface area (Å²) in [5.74, 6) is 0.139. The van der Waals surface area contributed by atoms with Crippen LogP contribution in [0.2, 0.25) is 0 Å². The van der Waals surface area contributed by atoms with Crippen LogP contribution in [0, 0.1) is 13.8 Å². The molecule has 3 aromatic rings. The Morgan fingerprint density at radius 3 is 2.81 bits per heavy atom. The molecular formula is C19H19N3O5. The fourth-order valence-electron chi connectivity index (χ4n) is 2.78. The van der Waals surface area contributed by atoms with Gasteiger partial charge in [0.2, 0.25) is 5.91 Å². The highest BCUT2D eigenvalue weighted by molar-refractivity contribution is 5.93. The van der Waals surface area contributed by atoms with Crippen molar-refractivity contribution in [3.8, 4) is 5.75 Å². The minimum Gasteiger partial charge on any atom is -0.508 e. The number of aromatic nitrogens is 2. The van der Waals surface area contributed by atoms with E-state index in [2.05, 4.69) is 15.3 Å². The standard InChI is InChI=1S/C19H19N3O5/c1-10-13-5-4-12(23)6-16(13)27-19(25)14(10)7-18(24)22-15-8-20-17(9-26-3)21-11(15)2/h4-6,8,23H,7,9H2,1-3H3,(H,22,24). The lowest BCUT2D eigenvalue weighted by molar-refractivity contribution is -0.115. The molecule has 0 saturated heterocycles. The average molecular weight is 369 g/mol. The predicted octanol–water partition coefficient (Wildman–Crippen LogP) is 2.23. The molecule has 2 aromatic heterocycles. The fourth-order valence-corrected chi connectivity index (χ4v) is 2.78. The molecule has 2 N–H and O–H groups in total. The molecule has 3 rings (SSSR count). The number of nitrogens with one attached hydrogen (secondary N) is 1. The summed E-state index contributed by atoms with van der Waals surface area (Å²) in [5.41, 5.74) is 1.64. The summed E-state index contributed by atoms with van der Waals surface area (Å²) >= 11 is 0. The molecule has 140 valence electrons. The maximum absolute atomic E-state index is 12.4. The molecule has 0 aliphatic rings. The molecule has 0 aliphatic carbocycles. The smallest absolute Gasteiger partial charge is 0.340 e. The number of hydrogen-bond donors (Lipinski definition) is 2. The topological polar surface area (TPSA) is 115 Å². The Hall–Kier alpha value is -3.26. The Kier molecular flexibility index (Phi) is 5.18. The third kappa shape index (κ3) is 3.95. The molecule has 8 nitrogen and oxygen atoms in total. The van der Waals surface area contributed by atoms with Gasteiger partial charge in [0.05, 0.1) is 29.6 Å². The van der Waals surface area contributed by atoms with E-state index in [1.54, 1.807) is 27.0 Å². The minimum absolute atomic E-state index is 0.00272. The van der Waals surface area contributed by atoms with E-state index in [0.29, 0.717) is 28.2 Å². The number of carbonyl (C=O) groups excluding carboxylic acids is 1. The molecular weight excluding hydrogens is 350 g/mol. The van der Waals surface area contributed by atoms with E-state index >= 15 is 0 Å². The number of hydrogen-bond acceptors (Lipinski definition) is 7. The third-order valence-electron chi connectivity index (χ3n) is 4.19. The van der Waals surface area contributed by atoms with Crippen LogP contribution in [0.25, 0.3) is 11.0 Å². The van der Waals surface area contributed by atoms with E-state index in [1.165, 1.54) is 18.3 Å². The third-order valence-corrected chi connectivity index (χ3v) is 4.19. The highest BCUT2D eigenvalue weighted by Crippen LogP contribution is 2.23. The molecule has 8 heteroatoms. The molecule has 1 aromatic carbocycles. The van der Waals surface area contributed by atoms with Crippen molar-refractivity contribution in [3.63, 3.8) is 0 Å². The van der Waals surface area contributed by atoms with Gasteiger partial charge in [0.1, 0.15) is 17.9 Å². The zero-order valence-electron chi connectivity index (χ0n) is 15.2. The van der Waals surface area contributed by atoms with Gasteiger partial charge < -0.3 is 19.6 Å². The normalized spacial score (nSPS) is 10.9. The summed E-state index contributed by atoms with van der Waals surface area (Å²) in [5, 5.41) is 12.9. The van der Waals surface area contributed by atoms with Crippen LogP contribution in [-0.2, 0) is 22.6 Å². The van der Waals surface area contributed by atoms with E-state index in [4.69, 9.17) is 9.15 Å². The van der Waals surface area contributed by atoms with Gasteiger partial charge in [-0.2, -0.15) is 0 Å². The summed E-state index contributed by atoms with van der Waals surface area (Å²) in [6.45, 7) is 3.77. The quantitative estimate of drug-likeness (QED) is 0.663. The fraction of sp³-hybridized carbons (Fsp3) is 0.263. The molecule has 27 heavy (non-hydrogen) atoms. The number of anilines is 1. The molecule has 0 aliphatic heterocycles. The van der Waals surface area contributed by atoms with E-state index < -0.39 is 5.63 Å². The van der Waals surface area contributed by atoms with Crippen LogP contribution in [-0.4, -0.2) is 28.1 Å². The maximum atomic E-state index is 12.4. The molecule has 0 bridgehead atoms.